The summed E-state index contributed by atoms with van der Waals surface area (Å²) in [5, 5.41) is 0. The Morgan fingerprint density at radius 1 is 1.15 bits per heavy atom. The fraction of sp³-hybridized carbons (Fsp3) is 0.333. The molecule has 0 bridgehead atoms. The molecule has 142 valence electrons. The molecule has 3 aromatic rings. The van der Waals surface area contributed by atoms with Gasteiger partial charge in [-0.1, -0.05) is 23.5 Å². The maximum atomic E-state index is 12.9. The number of carbonyl (C=O) groups excluding carboxylic acids is 1. The van der Waals surface area contributed by atoms with Crippen LogP contribution in [0.2, 0.25) is 0 Å². The molecule has 0 spiro atoms. The first-order valence-corrected chi connectivity index (χ1v) is 9.27. The largest absolute Gasteiger partial charge is 0.416 e. The van der Waals surface area contributed by atoms with Crippen LogP contribution in [-0.4, -0.2) is 58.3 Å². The van der Waals surface area contributed by atoms with Gasteiger partial charge in [-0.15, -0.1) is 0 Å². The number of alkyl halides is 3. The highest BCUT2D eigenvalue weighted by Gasteiger charge is 2.30. The zero-order chi connectivity index (χ0) is 19.2. The molecule has 0 saturated carbocycles. The third-order valence-electron chi connectivity index (χ3n) is 4.64. The van der Waals surface area contributed by atoms with E-state index in [9.17, 15) is 18.0 Å². The van der Waals surface area contributed by atoms with E-state index in [2.05, 4.69) is 9.88 Å². The molecule has 1 aliphatic heterocycles. The van der Waals surface area contributed by atoms with Crippen LogP contribution in [0.4, 0.5) is 13.2 Å². The lowest BCUT2D eigenvalue weighted by Crippen LogP contribution is -2.47. The van der Waals surface area contributed by atoms with Crippen LogP contribution < -0.4 is 0 Å². The van der Waals surface area contributed by atoms with Crippen molar-refractivity contribution in [3.63, 3.8) is 0 Å². The molecule has 1 fully saturated rings. The molecule has 0 unspecified atom stereocenters. The second-order valence-electron chi connectivity index (χ2n) is 6.59. The Morgan fingerprint density at radius 3 is 2.56 bits per heavy atom. The Labute approximate surface area is 157 Å². The van der Waals surface area contributed by atoms with Crippen molar-refractivity contribution in [1.82, 2.24) is 19.2 Å². The van der Waals surface area contributed by atoms with Gasteiger partial charge in [0.25, 0.3) is 5.91 Å². The lowest BCUT2D eigenvalue weighted by atomic mass is 10.1. The number of amides is 1. The average molecular weight is 394 g/mol. The van der Waals surface area contributed by atoms with Crippen LogP contribution in [0.25, 0.3) is 15.4 Å². The zero-order valence-electron chi connectivity index (χ0n) is 14.5. The number of benzene rings is 1. The Morgan fingerprint density at radius 2 is 1.89 bits per heavy atom. The molecule has 27 heavy (non-hydrogen) atoms. The smallest absolute Gasteiger partial charge is 0.335 e. The first-order chi connectivity index (χ1) is 12.8. The molecule has 0 atom stereocenters. The minimum absolute atomic E-state index is 0.111. The first-order valence-electron chi connectivity index (χ1n) is 8.45. The number of imidazole rings is 1. The molecule has 0 aliphatic carbocycles. The van der Waals surface area contributed by atoms with Crippen LogP contribution in [0.1, 0.15) is 16.1 Å². The standard InChI is InChI=1S/C18H17F3N4OS/c1-23-5-7-24(8-6-23)16(26)14-10-25-11-15(27-17(25)22-14)12-3-2-4-13(9-12)18(19,20)21/h2-4,9-11H,5-8H2,1H3. The Kier molecular flexibility index (Phi) is 4.43. The SMILES string of the molecule is CN1CCN(C(=O)c2cn3cc(-c4cccc(C(F)(F)F)c4)sc3n2)CC1. The number of fused-ring (bicyclic) bond motifs is 1. The minimum Gasteiger partial charge on any atom is -0.335 e. The quantitative estimate of drug-likeness (QED) is 0.668. The van der Waals surface area contributed by atoms with Crippen molar-refractivity contribution in [3.05, 3.63) is 47.9 Å². The van der Waals surface area contributed by atoms with E-state index in [1.807, 2.05) is 7.05 Å². The van der Waals surface area contributed by atoms with Crippen LogP contribution in [0.3, 0.4) is 0 Å². The second kappa shape index (κ2) is 6.65. The summed E-state index contributed by atoms with van der Waals surface area (Å²) in [5.74, 6) is -0.111. The molecule has 5 nitrogen and oxygen atoms in total. The maximum absolute atomic E-state index is 12.9. The normalized spacial score (nSPS) is 16.2. The fourth-order valence-corrected chi connectivity index (χ4v) is 4.02. The van der Waals surface area contributed by atoms with Crippen LogP contribution in [0.15, 0.2) is 36.7 Å². The van der Waals surface area contributed by atoms with Crippen molar-refractivity contribution in [3.8, 4) is 10.4 Å². The van der Waals surface area contributed by atoms with Gasteiger partial charge in [-0.25, -0.2) is 4.98 Å². The molecule has 1 amide bonds. The number of thiazole rings is 1. The predicted molar refractivity (Wildman–Crippen MR) is 96.9 cm³/mol. The van der Waals surface area contributed by atoms with E-state index >= 15 is 0 Å². The molecular formula is C18H17F3N4OS. The summed E-state index contributed by atoms with van der Waals surface area (Å²) in [4.78, 5) is 22.2. The van der Waals surface area contributed by atoms with Gasteiger partial charge in [-0.2, -0.15) is 13.2 Å². The van der Waals surface area contributed by atoms with Gasteiger partial charge in [0.1, 0.15) is 5.69 Å². The summed E-state index contributed by atoms with van der Waals surface area (Å²) < 4.78 is 40.4. The highest BCUT2D eigenvalue weighted by molar-refractivity contribution is 7.20. The van der Waals surface area contributed by atoms with E-state index in [1.54, 1.807) is 27.8 Å². The summed E-state index contributed by atoms with van der Waals surface area (Å²) in [6.07, 6.45) is -1.03. The lowest BCUT2D eigenvalue weighted by molar-refractivity contribution is -0.137. The van der Waals surface area contributed by atoms with E-state index in [-0.39, 0.29) is 5.91 Å². The van der Waals surface area contributed by atoms with Crippen molar-refractivity contribution >= 4 is 22.2 Å². The van der Waals surface area contributed by atoms with Crippen molar-refractivity contribution < 1.29 is 18.0 Å². The predicted octanol–water partition coefficient (Wildman–Crippen LogP) is 3.47. The third kappa shape index (κ3) is 3.57. The Bertz CT molecular complexity index is 955. The molecule has 1 aromatic carbocycles. The van der Waals surface area contributed by atoms with E-state index in [1.165, 1.54) is 17.4 Å². The van der Waals surface area contributed by atoms with Crippen molar-refractivity contribution in [2.75, 3.05) is 33.2 Å². The number of halogens is 3. The number of carbonyl (C=O) groups is 1. The number of hydrogen-bond donors (Lipinski definition) is 0. The fourth-order valence-electron chi connectivity index (χ4n) is 3.05. The molecule has 1 saturated heterocycles. The summed E-state index contributed by atoms with van der Waals surface area (Å²) in [5.41, 5.74) is 0.158. The van der Waals surface area contributed by atoms with E-state index in [0.717, 1.165) is 25.2 Å². The highest BCUT2D eigenvalue weighted by atomic mass is 32.1. The molecule has 9 heteroatoms. The summed E-state index contributed by atoms with van der Waals surface area (Å²) in [6.45, 7) is 2.98. The number of nitrogens with zero attached hydrogens (tertiary/aromatic N) is 4. The minimum atomic E-state index is -4.38. The third-order valence-corrected chi connectivity index (χ3v) is 5.69. The number of rotatable bonds is 2. The highest BCUT2D eigenvalue weighted by Crippen LogP contribution is 2.34. The molecule has 1 aliphatic rings. The van der Waals surface area contributed by atoms with Crippen LogP contribution in [0, 0.1) is 0 Å². The number of piperazine rings is 1. The van der Waals surface area contributed by atoms with Crippen molar-refractivity contribution in [2.45, 2.75) is 6.18 Å². The number of hydrogen-bond acceptors (Lipinski definition) is 4. The molecular weight excluding hydrogens is 377 g/mol. The maximum Gasteiger partial charge on any atom is 0.416 e. The monoisotopic (exact) mass is 394 g/mol. The van der Waals surface area contributed by atoms with Gasteiger partial charge < -0.3 is 9.80 Å². The molecule has 0 N–H and O–H groups in total. The van der Waals surface area contributed by atoms with Crippen LogP contribution in [0.5, 0.6) is 0 Å². The van der Waals surface area contributed by atoms with E-state index < -0.39 is 11.7 Å². The van der Waals surface area contributed by atoms with E-state index in [0.29, 0.717) is 34.2 Å². The second-order valence-corrected chi connectivity index (χ2v) is 7.59. The van der Waals surface area contributed by atoms with Gasteiger partial charge in [0.15, 0.2) is 4.96 Å². The zero-order valence-corrected chi connectivity index (χ0v) is 15.3. The lowest BCUT2D eigenvalue weighted by Gasteiger charge is -2.31. The van der Waals surface area contributed by atoms with Crippen molar-refractivity contribution in [2.24, 2.45) is 0 Å². The Hall–Kier alpha value is -2.39. The Balaban J connectivity index is 1.58. The summed E-state index contributed by atoms with van der Waals surface area (Å²) in [7, 11) is 2.02. The molecule has 3 heterocycles. The molecule has 0 radical (unpaired) electrons. The van der Waals surface area contributed by atoms with Gasteiger partial charge in [0, 0.05) is 38.6 Å². The number of aromatic nitrogens is 2. The van der Waals surface area contributed by atoms with Gasteiger partial charge >= 0.3 is 6.18 Å². The molecule has 4 rings (SSSR count). The van der Waals surface area contributed by atoms with Crippen LogP contribution in [-0.2, 0) is 6.18 Å². The summed E-state index contributed by atoms with van der Waals surface area (Å²) >= 11 is 1.26. The van der Waals surface area contributed by atoms with E-state index in [4.69, 9.17) is 0 Å². The van der Waals surface area contributed by atoms with Gasteiger partial charge in [-0.3, -0.25) is 9.20 Å². The molecule has 2 aromatic heterocycles. The van der Waals surface area contributed by atoms with Gasteiger partial charge in [0.2, 0.25) is 0 Å². The van der Waals surface area contributed by atoms with Crippen molar-refractivity contribution in [1.29, 1.82) is 0 Å². The topological polar surface area (TPSA) is 40.9 Å². The van der Waals surface area contributed by atoms with Crippen LogP contribution >= 0.6 is 11.3 Å². The summed E-state index contributed by atoms with van der Waals surface area (Å²) in [6, 6.07) is 5.20. The average Bonchev–Trinajstić information content (AvgIpc) is 3.20. The number of likely N-dealkylation sites (N-methyl/N-ethyl adjacent to an activating group) is 1. The van der Waals surface area contributed by atoms with Gasteiger partial charge in [-0.05, 0) is 24.7 Å². The first kappa shape index (κ1) is 18.0. The van der Waals surface area contributed by atoms with Gasteiger partial charge in [0.05, 0.1) is 10.4 Å².